The second-order valence-corrected chi connectivity index (χ2v) is 3.14. The van der Waals surface area contributed by atoms with Gasteiger partial charge in [0, 0.05) is 23.0 Å². The van der Waals surface area contributed by atoms with Gasteiger partial charge in [-0.3, -0.25) is 0 Å². The molecular formula is C12H8N. The lowest BCUT2D eigenvalue weighted by Crippen LogP contribution is -1.73. The molecule has 0 spiro atoms. The molecule has 0 saturated carbocycles. The lowest BCUT2D eigenvalue weighted by Gasteiger charge is -1.97. The second kappa shape index (κ2) is 2.36. The molecule has 1 heterocycles. The molecule has 3 aromatic rings. The van der Waals surface area contributed by atoms with Gasteiger partial charge in [0.1, 0.15) is 0 Å². The van der Waals surface area contributed by atoms with E-state index >= 15 is 0 Å². The van der Waals surface area contributed by atoms with Gasteiger partial charge in [-0.1, -0.05) is 36.4 Å². The molecule has 0 saturated heterocycles. The molecule has 1 heteroatoms. The number of hydrogen-bond donors (Lipinski definition) is 1. The standard InChI is InChI=1S/C12H8N/c1-2-4-11-9(3-1)5-6-10-7-8-13-12(10)11/h1-6,8,13H. The van der Waals surface area contributed by atoms with Crippen molar-refractivity contribution in [2.75, 3.05) is 0 Å². The zero-order valence-electron chi connectivity index (χ0n) is 7.04. The molecule has 13 heavy (non-hydrogen) atoms. The van der Waals surface area contributed by atoms with E-state index in [1.54, 1.807) is 0 Å². The van der Waals surface area contributed by atoms with Crippen LogP contribution in [0.2, 0.25) is 0 Å². The first kappa shape index (κ1) is 6.72. The molecule has 0 atom stereocenters. The molecule has 61 valence electrons. The summed E-state index contributed by atoms with van der Waals surface area (Å²) < 4.78 is 0. The summed E-state index contributed by atoms with van der Waals surface area (Å²) in [7, 11) is 0. The van der Waals surface area contributed by atoms with Gasteiger partial charge in [-0.2, -0.15) is 0 Å². The van der Waals surface area contributed by atoms with E-state index in [2.05, 4.69) is 47.4 Å². The van der Waals surface area contributed by atoms with Crippen LogP contribution in [0.1, 0.15) is 0 Å². The molecule has 2 aromatic carbocycles. The van der Waals surface area contributed by atoms with Crippen LogP contribution >= 0.6 is 0 Å². The van der Waals surface area contributed by atoms with Crippen LogP contribution in [0.25, 0.3) is 21.7 Å². The van der Waals surface area contributed by atoms with Crippen molar-refractivity contribution in [3.8, 4) is 0 Å². The van der Waals surface area contributed by atoms with Gasteiger partial charge in [0.15, 0.2) is 0 Å². The Morgan fingerprint density at radius 3 is 2.92 bits per heavy atom. The number of aromatic amines is 1. The molecule has 1 N–H and O–H groups in total. The topological polar surface area (TPSA) is 15.8 Å². The quantitative estimate of drug-likeness (QED) is 0.528. The van der Waals surface area contributed by atoms with Gasteiger partial charge < -0.3 is 4.98 Å². The van der Waals surface area contributed by atoms with Crippen LogP contribution in [-0.4, -0.2) is 4.98 Å². The third kappa shape index (κ3) is 0.872. The number of aromatic nitrogens is 1. The normalized spacial score (nSPS) is 11.1. The molecule has 0 unspecified atom stereocenters. The molecular weight excluding hydrogens is 158 g/mol. The first-order valence-electron chi connectivity index (χ1n) is 4.32. The van der Waals surface area contributed by atoms with Gasteiger partial charge in [-0.15, -0.1) is 0 Å². The summed E-state index contributed by atoms with van der Waals surface area (Å²) in [5.41, 5.74) is 1.18. The van der Waals surface area contributed by atoms with Gasteiger partial charge in [-0.05, 0) is 5.39 Å². The largest absolute Gasteiger partial charge is 0.360 e. The Labute approximate surface area is 76.0 Å². The van der Waals surface area contributed by atoms with E-state index in [0.29, 0.717) is 0 Å². The fraction of sp³-hybridized carbons (Fsp3) is 0. The van der Waals surface area contributed by atoms with Crippen molar-refractivity contribution in [1.82, 2.24) is 4.98 Å². The van der Waals surface area contributed by atoms with Crippen molar-refractivity contribution in [3.63, 3.8) is 0 Å². The molecule has 1 nitrogen and oxygen atoms in total. The summed E-state index contributed by atoms with van der Waals surface area (Å²) in [5.74, 6) is 0. The Kier molecular flexibility index (Phi) is 1.22. The Balaban J connectivity index is 2.65. The lowest BCUT2D eigenvalue weighted by atomic mass is 10.1. The number of nitrogens with one attached hydrogen (secondary N) is 1. The Bertz CT molecular complexity index is 563. The highest BCUT2D eigenvalue weighted by Gasteiger charge is 1.98. The highest BCUT2D eigenvalue weighted by Crippen LogP contribution is 2.22. The molecule has 0 fully saturated rings. The van der Waals surface area contributed by atoms with E-state index in [9.17, 15) is 0 Å². The van der Waals surface area contributed by atoms with Crippen molar-refractivity contribution in [3.05, 3.63) is 48.7 Å². The molecule has 0 aliphatic heterocycles. The zero-order valence-corrected chi connectivity index (χ0v) is 7.04. The Hall–Kier alpha value is -1.76. The molecule has 0 aliphatic carbocycles. The maximum Gasteiger partial charge on any atom is 0.0540 e. The Morgan fingerprint density at radius 2 is 1.92 bits per heavy atom. The number of rotatable bonds is 0. The summed E-state index contributed by atoms with van der Waals surface area (Å²) in [6.07, 6.45) is 1.86. The third-order valence-corrected chi connectivity index (χ3v) is 2.37. The summed E-state index contributed by atoms with van der Waals surface area (Å²) in [6, 6.07) is 15.7. The van der Waals surface area contributed by atoms with Gasteiger partial charge in [0.05, 0.1) is 5.52 Å². The lowest BCUT2D eigenvalue weighted by molar-refractivity contribution is 1.49. The number of fused-ring (bicyclic) bond motifs is 3. The van der Waals surface area contributed by atoms with Gasteiger partial charge in [0.25, 0.3) is 0 Å². The minimum Gasteiger partial charge on any atom is -0.360 e. The smallest absolute Gasteiger partial charge is 0.0540 e. The van der Waals surface area contributed by atoms with Crippen LogP contribution in [0.5, 0.6) is 0 Å². The average molecular weight is 166 g/mol. The third-order valence-electron chi connectivity index (χ3n) is 2.37. The van der Waals surface area contributed by atoms with Gasteiger partial charge in [0.2, 0.25) is 0 Å². The maximum atomic E-state index is 3.21. The van der Waals surface area contributed by atoms with Crippen LogP contribution in [0, 0.1) is 6.07 Å². The van der Waals surface area contributed by atoms with Crippen LogP contribution in [0.15, 0.2) is 42.6 Å². The van der Waals surface area contributed by atoms with Crippen LogP contribution in [0.3, 0.4) is 0 Å². The average Bonchev–Trinajstić information content (AvgIpc) is 2.65. The van der Waals surface area contributed by atoms with Crippen molar-refractivity contribution < 1.29 is 0 Å². The highest BCUT2D eigenvalue weighted by molar-refractivity contribution is 6.05. The molecule has 0 aliphatic rings. The molecule has 1 radical (unpaired) electrons. The zero-order chi connectivity index (χ0) is 8.67. The minimum atomic E-state index is 1.15. The van der Waals surface area contributed by atoms with E-state index < -0.39 is 0 Å². The molecule has 0 amide bonds. The van der Waals surface area contributed by atoms with E-state index in [1.807, 2.05) is 6.20 Å². The fourth-order valence-electron chi connectivity index (χ4n) is 1.73. The molecule has 3 rings (SSSR count). The van der Waals surface area contributed by atoms with Crippen LogP contribution < -0.4 is 0 Å². The van der Waals surface area contributed by atoms with E-state index in [4.69, 9.17) is 0 Å². The van der Waals surface area contributed by atoms with Gasteiger partial charge in [-0.25, -0.2) is 0 Å². The van der Waals surface area contributed by atoms with Crippen molar-refractivity contribution in [2.24, 2.45) is 0 Å². The monoisotopic (exact) mass is 166 g/mol. The van der Waals surface area contributed by atoms with Gasteiger partial charge >= 0.3 is 0 Å². The fourth-order valence-corrected chi connectivity index (χ4v) is 1.73. The Morgan fingerprint density at radius 1 is 1.00 bits per heavy atom. The summed E-state index contributed by atoms with van der Waals surface area (Å²) in [4.78, 5) is 3.21. The van der Waals surface area contributed by atoms with E-state index in [-0.39, 0.29) is 0 Å². The summed E-state index contributed by atoms with van der Waals surface area (Å²) in [6.45, 7) is 0. The maximum absolute atomic E-state index is 3.21. The first-order valence-corrected chi connectivity index (χ1v) is 4.32. The number of benzene rings is 2. The second-order valence-electron chi connectivity index (χ2n) is 3.14. The summed E-state index contributed by atoms with van der Waals surface area (Å²) >= 11 is 0. The predicted molar refractivity (Wildman–Crippen MR) is 54.6 cm³/mol. The minimum absolute atomic E-state index is 1.15. The first-order chi connectivity index (χ1) is 6.45. The molecule has 1 aromatic heterocycles. The number of hydrogen-bond acceptors (Lipinski definition) is 0. The van der Waals surface area contributed by atoms with Crippen molar-refractivity contribution in [1.29, 1.82) is 0 Å². The van der Waals surface area contributed by atoms with E-state index in [0.717, 1.165) is 5.39 Å². The van der Waals surface area contributed by atoms with Crippen LogP contribution in [-0.2, 0) is 0 Å². The molecule has 0 bridgehead atoms. The van der Waals surface area contributed by atoms with E-state index in [1.165, 1.54) is 16.3 Å². The predicted octanol–water partition coefficient (Wildman–Crippen LogP) is 3.12. The number of H-pyrrole nitrogens is 1. The summed E-state index contributed by atoms with van der Waals surface area (Å²) in [5, 5.41) is 3.69. The SMILES string of the molecule is [c]1c[nH]c2c1ccc1ccccc12. The van der Waals surface area contributed by atoms with Crippen molar-refractivity contribution >= 4 is 21.7 Å². The highest BCUT2D eigenvalue weighted by atomic mass is 14.7. The van der Waals surface area contributed by atoms with Crippen molar-refractivity contribution in [2.45, 2.75) is 0 Å². The van der Waals surface area contributed by atoms with Crippen LogP contribution in [0.4, 0.5) is 0 Å².